The summed E-state index contributed by atoms with van der Waals surface area (Å²) in [5, 5.41) is 5.23. The minimum Gasteiger partial charge on any atom is -0.490 e. The van der Waals surface area contributed by atoms with Crippen LogP contribution in [0.1, 0.15) is 6.42 Å². The molecule has 2 aromatic heterocycles. The molecule has 0 atom stereocenters. The molecule has 3 nitrogen and oxygen atoms in total. The second-order valence-electron chi connectivity index (χ2n) is 4.73. The fourth-order valence-electron chi connectivity index (χ4n) is 2.24. The number of aromatic nitrogens is 1. The fourth-order valence-corrected chi connectivity index (χ4v) is 3.89. The molecule has 0 amide bonds. The number of thiazole rings is 1. The average Bonchev–Trinajstić information content (AvgIpc) is 3.14. The van der Waals surface area contributed by atoms with E-state index >= 15 is 0 Å². The van der Waals surface area contributed by atoms with Crippen molar-refractivity contribution in [3.05, 3.63) is 41.1 Å². The van der Waals surface area contributed by atoms with E-state index in [9.17, 15) is 0 Å². The number of fused-ring (bicyclic) bond motifs is 1. The largest absolute Gasteiger partial charge is 0.490 e. The highest BCUT2D eigenvalue weighted by atomic mass is 32.1. The van der Waals surface area contributed by atoms with Gasteiger partial charge in [-0.3, -0.25) is 0 Å². The van der Waals surface area contributed by atoms with Gasteiger partial charge >= 0.3 is 0 Å². The van der Waals surface area contributed by atoms with Crippen molar-refractivity contribution in [2.75, 3.05) is 13.2 Å². The lowest BCUT2D eigenvalue weighted by Gasteiger charge is -2.08. The molecular weight excluding hydrogens is 302 g/mol. The van der Waals surface area contributed by atoms with Crippen LogP contribution in [0.15, 0.2) is 41.1 Å². The Morgan fingerprint density at radius 1 is 1.00 bits per heavy atom. The molecule has 3 aromatic rings. The molecule has 0 spiro atoms. The van der Waals surface area contributed by atoms with Crippen LogP contribution in [0.3, 0.4) is 0 Å². The molecule has 5 heteroatoms. The summed E-state index contributed by atoms with van der Waals surface area (Å²) < 4.78 is 11.4. The Kier molecular flexibility index (Phi) is 3.37. The highest BCUT2D eigenvalue weighted by Gasteiger charge is 2.13. The summed E-state index contributed by atoms with van der Waals surface area (Å²) in [6.07, 6.45) is 0.920. The Morgan fingerprint density at radius 3 is 2.76 bits per heavy atom. The van der Waals surface area contributed by atoms with Crippen LogP contribution in [0, 0.1) is 0 Å². The van der Waals surface area contributed by atoms with E-state index in [0.717, 1.165) is 34.2 Å². The van der Waals surface area contributed by atoms with Gasteiger partial charge in [0.2, 0.25) is 0 Å². The standard InChI is InChI=1S/C16H13NO2S2/c1-3-15(20-8-1)16-17-12(10-21-16)11-4-5-13-14(9-11)19-7-2-6-18-13/h1,3-5,8-10H,2,6-7H2. The van der Waals surface area contributed by atoms with E-state index in [1.165, 1.54) is 4.88 Å². The molecule has 0 unspecified atom stereocenters. The minimum absolute atomic E-state index is 0.702. The first kappa shape index (κ1) is 12.9. The maximum atomic E-state index is 5.74. The molecule has 1 aliphatic rings. The van der Waals surface area contributed by atoms with Gasteiger partial charge in [-0.15, -0.1) is 22.7 Å². The molecule has 0 radical (unpaired) electrons. The summed E-state index contributed by atoms with van der Waals surface area (Å²) >= 11 is 3.38. The first-order valence-electron chi connectivity index (χ1n) is 6.79. The van der Waals surface area contributed by atoms with E-state index in [2.05, 4.69) is 22.9 Å². The molecule has 21 heavy (non-hydrogen) atoms. The second-order valence-corrected chi connectivity index (χ2v) is 6.53. The van der Waals surface area contributed by atoms with Crippen LogP contribution < -0.4 is 9.47 Å². The quantitative estimate of drug-likeness (QED) is 0.687. The molecule has 0 fully saturated rings. The molecule has 106 valence electrons. The third-order valence-electron chi connectivity index (χ3n) is 3.28. The van der Waals surface area contributed by atoms with E-state index in [-0.39, 0.29) is 0 Å². The van der Waals surface area contributed by atoms with E-state index < -0.39 is 0 Å². The van der Waals surface area contributed by atoms with E-state index in [4.69, 9.17) is 14.5 Å². The first-order valence-corrected chi connectivity index (χ1v) is 8.55. The predicted octanol–water partition coefficient (Wildman–Crippen LogP) is 4.70. The maximum Gasteiger partial charge on any atom is 0.161 e. The monoisotopic (exact) mass is 315 g/mol. The van der Waals surface area contributed by atoms with Gasteiger partial charge in [0.1, 0.15) is 5.01 Å². The van der Waals surface area contributed by atoms with Gasteiger partial charge in [0.25, 0.3) is 0 Å². The van der Waals surface area contributed by atoms with Gasteiger partial charge < -0.3 is 9.47 Å². The normalized spacial score (nSPS) is 13.9. The van der Waals surface area contributed by atoms with Crippen molar-refractivity contribution in [3.63, 3.8) is 0 Å². The summed E-state index contributed by atoms with van der Waals surface area (Å²) in [5.41, 5.74) is 2.05. The zero-order chi connectivity index (χ0) is 14.1. The predicted molar refractivity (Wildman–Crippen MR) is 86.5 cm³/mol. The number of benzene rings is 1. The van der Waals surface area contributed by atoms with E-state index in [1.807, 2.05) is 18.2 Å². The molecule has 0 aliphatic carbocycles. The van der Waals surface area contributed by atoms with Crippen LogP contribution in [0.2, 0.25) is 0 Å². The van der Waals surface area contributed by atoms with Crippen molar-refractivity contribution in [1.29, 1.82) is 0 Å². The lowest BCUT2D eigenvalue weighted by atomic mass is 10.1. The Hall–Kier alpha value is -1.85. The molecule has 0 saturated carbocycles. The van der Waals surface area contributed by atoms with E-state index in [1.54, 1.807) is 22.7 Å². The molecule has 3 heterocycles. The highest BCUT2D eigenvalue weighted by Crippen LogP contribution is 2.36. The van der Waals surface area contributed by atoms with Crippen LogP contribution in [0.5, 0.6) is 11.5 Å². The zero-order valence-corrected chi connectivity index (χ0v) is 12.9. The number of hydrogen-bond acceptors (Lipinski definition) is 5. The van der Waals surface area contributed by atoms with Gasteiger partial charge in [-0.2, -0.15) is 0 Å². The Balaban J connectivity index is 1.69. The second kappa shape index (κ2) is 5.50. The number of hydrogen-bond donors (Lipinski definition) is 0. The van der Waals surface area contributed by atoms with Crippen LogP contribution in [-0.4, -0.2) is 18.2 Å². The van der Waals surface area contributed by atoms with Crippen LogP contribution >= 0.6 is 22.7 Å². The summed E-state index contributed by atoms with van der Waals surface area (Å²) in [5.74, 6) is 1.64. The number of ether oxygens (including phenoxy) is 2. The average molecular weight is 315 g/mol. The maximum absolute atomic E-state index is 5.74. The van der Waals surface area contributed by atoms with Gasteiger partial charge in [0.05, 0.1) is 23.8 Å². The first-order chi connectivity index (χ1) is 10.4. The summed E-state index contributed by atoms with van der Waals surface area (Å²) in [4.78, 5) is 5.94. The molecule has 0 saturated heterocycles. The summed E-state index contributed by atoms with van der Waals surface area (Å²) in [6.45, 7) is 1.42. The molecule has 0 N–H and O–H groups in total. The Labute approximate surface area is 130 Å². The topological polar surface area (TPSA) is 31.4 Å². The third kappa shape index (κ3) is 2.54. The van der Waals surface area contributed by atoms with Crippen LogP contribution in [-0.2, 0) is 0 Å². The SMILES string of the molecule is c1csc(-c2nc(-c3ccc4c(c3)OCCCO4)cs2)c1. The Bertz CT molecular complexity index is 749. The van der Waals surface area contributed by atoms with Gasteiger partial charge in [-0.25, -0.2) is 4.98 Å². The molecule has 1 aromatic carbocycles. The lowest BCUT2D eigenvalue weighted by Crippen LogP contribution is -1.97. The Morgan fingerprint density at radius 2 is 1.90 bits per heavy atom. The molecule has 4 rings (SSSR count). The van der Waals surface area contributed by atoms with Gasteiger partial charge in [0.15, 0.2) is 11.5 Å². The van der Waals surface area contributed by atoms with Crippen LogP contribution in [0.25, 0.3) is 21.1 Å². The molecule has 0 bridgehead atoms. The smallest absolute Gasteiger partial charge is 0.161 e. The number of thiophene rings is 1. The van der Waals surface area contributed by atoms with Crippen molar-refractivity contribution in [3.8, 4) is 32.6 Å². The molecule has 1 aliphatic heterocycles. The van der Waals surface area contributed by atoms with Gasteiger partial charge in [-0.1, -0.05) is 6.07 Å². The van der Waals surface area contributed by atoms with E-state index in [0.29, 0.717) is 13.2 Å². The fraction of sp³-hybridized carbons (Fsp3) is 0.188. The van der Waals surface area contributed by atoms with Crippen molar-refractivity contribution in [2.24, 2.45) is 0 Å². The van der Waals surface area contributed by atoms with Gasteiger partial charge in [-0.05, 0) is 29.6 Å². The zero-order valence-electron chi connectivity index (χ0n) is 11.2. The lowest BCUT2D eigenvalue weighted by molar-refractivity contribution is 0.297. The molecular formula is C16H13NO2S2. The number of nitrogens with zero attached hydrogens (tertiary/aromatic N) is 1. The highest BCUT2D eigenvalue weighted by molar-refractivity contribution is 7.20. The summed E-state index contributed by atoms with van der Waals surface area (Å²) in [6, 6.07) is 10.2. The minimum atomic E-state index is 0.702. The van der Waals surface area contributed by atoms with Crippen molar-refractivity contribution in [1.82, 2.24) is 4.98 Å². The van der Waals surface area contributed by atoms with Crippen LogP contribution in [0.4, 0.5) is 0 Å². The number of rotatable bonds is 2. The van der Waals surface area contributed by atoms with Crippen molar-refractivity contribution >= 4 is 22.7 Å². The van der Waals surface area contributed by atoms with Crippen molar-refractivity contribution < 1.29 is 9.47 Å². The summed E-state index contributed by atoms with van der Waals surface area (Å²) in [7, 11) is 0. The van der Waals surface area contributed by atoms with Crippen molar-refractivity contribution in [2.45, 2.75) is 6.42 Å². The third-order valence-corrected chi connectivity index (χ3v) is 5.16. The van der Waals surface area contributed by atoms with Gasteiger partial charge in [0, 0.05) is 17.4 Å².